The summed E-state index contributed by atoms with van der Waals surface area (Å²) in [4.78, 5) is 0. The van der Waals surface area contributed by atoms with E-state index in [1.807, 2.05) is 0 Å². The Labute approximate surface area is 172 Å². The van der Waals surface area contributed by atoms with Gasteiger partial charge in [-0.25, -0.2) is 0 Å². The Balaban J connectivity index is 1.57. The van der Waals surface area contributed by atoms with Crippen LogP contribution in [-0.2, 0) is 9.47 Å². The number of fused-ring (bicyclic) bond motifs is 8. The second-order valence-electron chi connectivity index (χ2n) is 12.4. The third kappa shape index (κ3) is 2.52. The van der Waals surface area contributed by atoms with Gasteiger partial charge < -0.3 is 9.47 Å². The zero-order chi connectivity index (χ0) is 20.1. The Morgan fingerprint density at radius 1 is 0.821 bits per heavy atom. The zero-order valence-electron chi connectivity index (χ0n) is 19.1. The molecule has 1 heterocycles. The van der Waals surface area contributed by atoms with Crippen LogP contribution in [0.1, 0.15) is 86.5 Å². The van der Waals surface area contributed by atoms with Crippen LogP contribution < -0.4 is 0 Å². The molecule has 4 aliphatic carbocycles. The van der Waals surface area contributed by atoms with Crippen molar-refractivity contribution in [3.8, 4) is 0 Å². The predicted octanol–water partition coefficient (Wildman–Crippen LogP) is 6.60. The first kappa shape index (κ1) is 19.6. The quantitative estimate of drug-likeness (QED) is 0.473. The van der Waals surface area contributed by atoms with Gasteiger partial charge in [-0.2, -0.15) is 0 Å². The lowest BCUT2D eigenvalue weighted by molar-refractivity contribution is -0.182. The van der Waals surface area contributed by atoms with Crippen LogP contribution in [0.3, 0.4) is 0 Å². The molecule has 4 saturated carbocycles. The lowest BCUT2D eigenvalue weighted by Gasteiger charge is -2.63. The molecular formula is C26H42O2. The lowest BCUT2D eigenvalue weighted by atomic mass is 9.43. The molecule has 2 heteroatoms. The van der Waals surface area contributed by atoms with Crippen molar-refractivity contribution in [2.45, 2.75) is 104 Å². The molecular weight excluding hydrogens is 344 g/mol. The van der Waals surface area contributed by atoms with Crippen molar-refractivity contribution >= 4 is 0 Å². The summed E-state index contributed by atoms with van der Waals surface area (Å²) in [6, 6.07) is 0. The third-order valence-electron chi connectivity index (χ3n) is 10.4. The van der Waals surface area contributed by atoms with Crippen LogP contribution in [0.5, 0.6) is 0 Å². The van der Waals surface area contributed by atoms with Gasteiger partial charge in [0.1, 0.15) is 0 Å². The largest absolute Gasteiger partial charge is 0.344 e. The van der Waals surface area contributed by atoms with E-state index in [1.54, 1.807) is 0 Å². The van der Waals surface area contributed by atoms with E-state index >= 15 is 0 Å². The van der Waals surface area contributed by atoms with Crippen LogP contribution in [0.4, 0.5) is 0 Å². The van der Waals surface area contributed by atoms with Crippen LogP contribution in [-0.4, -0.2) is 18.0 Å². The van der Waals surface area contributed by atoms with Crippen LogP contribution in [0, 0.1) is 46.3 Å². The molecule has 1 saturated heterocycles. The highest BCUT2D eigenvalue weighted by Crippen LogP contribution is 2.70. The smallest absolute Gasteiger partial charge is 0.163 e. The van der Waals surface area contributed by atoms with Crippen LogP contribution in [0.15, 0.2) is 12.2 Å². The first-order chi connectivity index (χ1) is 13.1. The van der Waals surface area contributed by atoms with Gasteiger partial charge in [0.2, 0.25) is 0 Å². The van der Waals surface area contributed by atoms with Crippen molar-refractivity contribution in [1.82, 2.24) is 0 Å². The number of ether oxygens (including phenoxy) is 2. The molecule has 0 aromatic rings. The monoisotopic (exact) mass is 386 g/mol. The van der Waals surface area contributed by atoms with Gasteiger partial charge in [-0.05, 0) is 106 Å². The zero-order valence-corrected chi connectivity index (χ0v) is 19.1. The standard InChI is InChI=1S/C26H42O2/c1-15(2)17-8-9-18-21-19(11-13-25(17,18)6)26(7)12-10-16(3)14-20(26)22-23(21)28-24(4,5)27-22/h16-23H,1,8-14H2,2-7H3/t16-,17?,18-,19-,20+,21-,22+,23+,25+,26+/m0/s1. The second kappa shape index (κ2) is 6.10. The van der Waals surface area contributed by atoms with E-state index in [4.69, 9.17) is 9.47 Å². The molecule has 0 spiro atoms. The summed E-state index contributed by atoms with van der Waals surface area (Å²) in [5.41, 5.74) is 2.26. The van der Waals surface area contributed by atoms with Gasteiger partial charge in [0.25, 0.3) is 0 Å². The van der Waals surface area contributed by atoms with Crippen molar-refractivity contribution in [1.29, 1.82) is 0 Å². The summed E-state index contributed by atoms with van der Waals surface area (Å²) in [5.74, 6) is 4.03. The van der Waals surface area contributed by atoms with E-state index in [0.717, 1.165) is 17.8 Å². The summed E-state index contributed by atoms with van der Waals surface area (Å²) >= 11 is 0. The topological polar surface area (TPSA) is 18.5 Å². The fraction of sp³-hybridized carbons (Fsp3) is 0.923. The van der Waals surface area contributed by atoms with E-state index in [0.29, 0.717) is 40.8 Å². The van der Waals surface area contributed by atoms with E-state index < -0.39 is 5.79 Å². The van der Waals surface area contributed by atoms with Crippen molar-refractivity contribution in [2.24, 2.45) is 46.3 Å². The Kier molecular flexibility index (Phi) is 4.27. The van der Waals surface area contributed by atoms with Gasteiger partial charge in [-0.15, -0.1) is 0 Å². The van der Waals surface area contributed by atoms with Crippen LogP contribution >= 0.6 is 0 Å². The molecule has 0 N–H and O–H groups in total. The summed E-state index contributed by atoms with van der Waals surface area (Å²) < 4.78 is 13.5. The first-order valence-corrected chi connectivity index (χ1v) is 12.1. The maximum Gasteiger partial charge on any atom is 0.163 e. The van der Waals surface area contributed by atoms with Crippen molar-refractivity contribution < 1.29 is 9.47 Å². The maximum absolute atomic E-state index is 6.76. The van der Waals surface area contributed by atoms with Gasteiger partial charge in [0, 0.05) is 0 Å². The summed E-state index contributed by atoms with van der Waals surface area (Å²) in [5, 5.41) is 0. The van der Waals surface area contributed by atoms with Crippen molar-refractivity contribution in [3.63, 3.8) is 0 Å². The maximum atomic E-state index is 6.76. The molecule has 1 aliphatic heterocycles. The van der Waals surface area contributed by atoms with Crippen LogP contribution in [0.2, 0.25) is 0 Å². The lowest BCUT2D eigenvalue weighted by Crippen LogP contribution is -2.62. The third-order valence-corrected chi connectivity index (χ3v) is 10.4. The highest BCUT2D eigenvalue weighted by Gasteiger charge is 2.68. The molecule has 158 valence electrons. The Morgan fingerprint density at radius 3 is 2.18 bits per heavy atom. The molecule has 0 radical (unpaired) electrons. The molecule has 0 amide bonds. The highest BCUT2D eigenvalue weighted by atomic mass is 16.8. The van der Waals surface area contributed by atoms with Gasteiger partial charge in [0.05, 0.1) is 12.2 Å². The number of rotatable bonds is 1. The molecule has 0 aromatic heterocycles. The number of hydrogen-bond donors (Lipinski definition) is 0. The Morgan fingerprint density at radius 2 is 1.46 bits per heavy atom. The SMILES string of the molecule is C=C(C)C1CC[C@H]2[C@@H]3[C@H]4OC(C)(C)O[C@@H]4[C@H]4C[C@@H](C)CC[C@]4(C)[C@H]3CC[C@]12C. The predicted molar refractivity (Wildman–Crippen MR) is 114 cm³/mol. The minimum Gasteiger partial charge on any atom is -0.344 e. The molecule has 1 unspecified atom stereocenters. The number of hydrogen-bond acceptors (Lipinski definition) is 2. The molecule has 2 nitrogen and oxygen atoms in total. The first-order valence-electron chi connectivity index (χ1n) is 12.1. The van der Waals surface area contributed by atoms with Crippen molar-refractivity contribution in [3.05, 3.63) is 12.2 Å². The molecule has 28 heavy (non-hydrogen) atoms. The molecule has 10 atom stereocenters. The molecule has 0 aromatic carbocycles. The molecule has 5 fully saturated rings. The van der Waals surface area contributed by atoms with E-state index in [9.17, 15) is 0 Å². The Bertz CT molecular complexity index is 667. The van der Waals surface area contributed by atoms with Gasteiger partial charge in [0.15, 0.2) is 5.79 Å². The summed E-state index contributed by atoms with van der Waals surface area (Å²) in [6.45, 7) is 18.7. The highest BCUT2D eigenvalue weighted by molar-refractivity contribution is 5.18. The molecule has 5 rings (SSSR count). The van der Waals surface area contributed by atoms with Crippen molar-refractivity contribution in [2.75, 3.05) is 0 Å². The minimum absolute atomic E-state index is 0.301. The molecule has 0 bridgehead atoms. The molecule has 5 aliphatic rings. The van der Waals surface area contributed by atoms with E-state index in [2.05, 4.69) is 48.1 Å². The fourth-order valence-corrected chi connectivity index (χ4v) is 9.19. The summed E-state index contributed by atoms with van der Waals surface area (Å²) in [7, 11) is 0. The Hall–Kier alpha value is -0.340. The average Bonchev–Trinajstić information content (AvgIpc) is 3.12. The number of allylic oxidation sites excluding steroid dienone is 1. The normalized spacial score (nSPS) is 57.1. The van der Waals surface area contributed by atoms with Gasteiger partial charge in [-0.3, -0.25) is 0 Å². The van der Waals surface area contributed by atoms with Gasteiger partial charge in [-0.1, -0.05) is 39.3 Å². The summed E-state index contributed by atoms with van der Waals surface area (Å²) in [6.07, 6.45) is 10.2. The second-order valence-corrected chi connectivity index (χ2v) is 12.4. The average molecular weight is 387 g/mol. The van der Waals surface area contributed by atoms with E-state index in [1.165, 1.54) is 50.5 Å². The van der Waals surface area contributed by atoms with E-state index in [-0.39, 0.29) is 0 Å². The fourth-order valence-electron chi connectivity index (χ4n) is 9.19. The van der Waals surface area contributed by atoms with Crippen LogP contribution in [0.25, 0.3) is 0 Å². The van der Waals surface area contributed by atoms with Gasteiger partial charge >= 0.3 is 0 Å². The minimum atomic E-state index is -0.425.